The third kappa shape index (κ3) is 2.49. The number of ether oxygens (including phenoxy) is 1. The molecule has 2 aromatic rings. The van der Waals surface area contributed by atoms with Crippen LogP contribution in [0.25, 0.3) is 10.8 Å². The first-order chi connectivity index (χ1) is 9.38. The summed E-state index contributed by atoms with van der Waals surface area (Å²) >= 11 is 0. The molecular formula is C15H19N3O. The van der Waals surface area contributed by atoms with Gasteiger partial charge in [-0.25, -0.2) is 0 Å². The molecule has 0 radical (unpaired) electrons. The van der Waals surface area contributed by atoms with Crippen LogP contribution in [0, 0.1) is 0 Å². The topological polar surface area (TPSA) is 46.2 Å². The van der Waals surface area contributed by atoms with E-state index in [1.807, 2.05) is 18.3 Å². The van der Waals surface area contributed by atoms with Gasteiger partial charge < -0.3 is 15.4 Å². The number of nitrogens with zero attached hydrogens (tertiary/aromatic N) is 1. The van der Waals surface area contributed by atoms with E-state index in [0.29, 0.717) is 6.04 Å². The van der Waals surface area contributed by atoms with Gasteiger partial charge in [-0.15, -0.1) is 0 Å². The minimum Gasteiger partial charge on any atom is -0.496 e. The molecule has 100 valence electrons. The van der Waals surface area contributed by atoms with Crippen molar-refractivity contribution in [1.82, 2.24) is 10.3 Å². The molecule has 0 atom stereocenters. The molecule has 0 bridgehead atoms. The predicted molar refractivity (Wildman–Crippen MR) is 77.8 cm³/mol. The van der Waals surface area contributed by atoms with Gasteiger partial charge >= 0.3 is 0 Å². The zero-order valence-corrected chi connectivity index (χ0v) is 11.1. The molecule has 2 N–H and O–H groups in total. The fourth-order valence-electron chi connectivity index (χ4n) is 2.65. The number of fused-ring (bicyclic) bond motifs is 1. The Hall–Kier alpha value is -1.81. The molecular weight excluding hydrogens is 238 g/mol. The van der Waals surface area contributed by atoms with Crippen molar-refractivity contribution in [3.63, 3.8) is 0 Å². The minimum atomic E-state index is 0.540. The second-order valence-corrected chi connectivity index (χ2v) is 4.91. The van der Waals surface area contributed by atoms with E-state index in [9.17, 15) is 0 Å². The van der Waals surface area contributed by atoms with Gasteiger partial charge in [-0.05, 0) is 44.1 Å². The molecule has 1 aromatic carbocycles. The van der Waals surface area contributed by atoms with Gasteiger partial charge in [0.1, 0.15) is 5.75 Å². The maximum atomic E-state index is 5.41. The third-order valence-electron chi connectivity index (χ3n) is 3.70. The standard InChI is InChI=1S/C15H19N3O/c1-19-15-3-2-14(13-10-17-9-6-12(13)15)18-11-4-7-16-8-5-11/h2-3,6,9-11,16,18H,4-5,7-8H2,1H3. The number of piperidine rings is 1. The average Bonchev–Trinajstić information content (AvgIpc) is 2.49. The number of benzene rings is 1. The maximum absolute atomic E-state index is 5.41. The Morgan fingerprint density at radius 3 is 2.84 bits per heavy atom. The Kier molecular flexibility index (Phi) is 3.51. The summed E-state index contributed by atoms with van der Waals surface area (Å²) < 4.78 is 5.41. The fraction of sp³-hybridized carbons (Fsp3) is 0.400. The number of nitrogens with one attached hydrogen (secondary N) is 2. The number of anilines is 1. The van der Waals surface area contributed by atoms with E-state index in [1.165, 1.54) is 0 Å². The Bertz CT molecular complexity index is 564. The summed E-state index contributed by atoms with van der Waals surface area (Å²) in [4.78, 5) is 4.23. The van der Waals surface area contributed by atoms with Crippen LogP contribution in [0.4, 0.5) is 5.69 Å². The Morgan fingerprint density at radius 2 is 2.05 bits per heavy atom. The summed E-state index contributed by atoms with van der Waals surface area (Å²) in [5, 5.41) is 9.26. The summed E-state index contributed by atoms with van der Waals surface area (Å²) in [5.74, 6) is 0.897. The lowest BCUT2D eigenvalue weighted by molar-refractivity contribution is 0.420. The number of methoxy groups -OCH3 is 1. The van der Waals surface area contributed by atoms with E-state index in [2.05, 4.69) is 21.7 Å². The SMILES string of the molecule is COc1ccc(NC2CCNCC2)c2cnccc12. The first kappa shape index (κ1) is 12.2. The lowest BCUT2D eigenvalue weighted by Gasteiger charge is -2.25. The van der Waals surface area contributed by atoms with E-state index in [1.54, 1.807) is 13.3 Å². The molecule has 1 saturated heterocycles. The van der Waals surface area contributed by atoms with Crippen molar-refractivity contribution in [3.05, 3.63) is 30.6 Å². The third-order valence-corrected chi connectivity index (χ3v) is 3.70. The molecule has 1 aliphatic rings. The monoisotopic (exact) mass is 257 g/mol. The second kappa shape index (κ2) is 5.45. The van der Waals surface area contributed by atoms with Crippen molar-refractivity contribution in [3.8, 4) is 5.75 Å². The zero-order chi connectivity index (χ0) is 13.1. The molecule has 0 spiro atoms. The van der Waals surface area contributed by atoms with Crippen LogP contribution in [0.1, 0.15) is 12.8 Å². The highest BCUT2D eigenvalue weighted by atomic mass is 16.5. The van der Waals surface area contributed by atoms with Crippen molar-refractivity contribution in [2.24, 2.45) is 0 Å². The van der Waals surface area contributed by atoms with E-state index in [4.69, 9.17) is 4.74 Å². The van der Waals surface area contributed by atoms with Gasteiger partial charge in [0.25, 0.3) is 0 Å². The zero-order valence-electron chi connectivity index (χ0n) is 11.1. The van der Waals surface area contributed by atoms with Crippen LogP contribution >= 0.6 is 0 Å². The highest BCUT2D eigenvalue weighted by Crippen LogP contribution is 2.31. The fourth-order valence-corrected chi connectivity index (χ4v) is 2.65. The van der Waals surface area contributed by atoms with E-state index in [0.717, 1.165) is 48.1 Å². The van der Waals surface area contributed by atoms with Gasteiger partial charge in [-0.3, -0.25) is 4.98 Å². The summed E-state index contributed by atoms with van der Waals surface area (Å²) in [6.45, 7) is 2.17. The van der Waals surface area contributed by atoms with Gasteiger partial charge in [0, 0.05) is 34.9 Å². The lowest BCUT2D eigenvalue weighted by Crippen LogP contribution is -2.35. The molecule has 0 aliphatic carbocycles. The van der Waals surface area contributed by atoms with Crippen molar-refractivity contribution in [2.45, 2.75) is 18.9 Å². The first-order valence-electron chi connectivity index (χ1n) is 6.76. The van der Waals surface area contributed by atoms with Gasteiger partial charge in [0.05, 0.1) is 7.11 Å². The van der Waals surface area contributed by atoms with Crippen LogP contribution in [0.15, 0.2) is 30.6 Å². The molecule has 1 aliphatic heterocycles. The highest BCUT2D eigenvalue weighted by molar-refractivity contribution is 5.97. The summed E-state index contributed by atoms with van der Waals surface area (Å²) in [6.07, 6.45) is 6.03. The molecule has 1 fully saturated rings. The predicted octanol–water partition coefficient (Wildman–Crippen LogP) is 2.41. The average molecular weight is 257 g/mol. The number of aromatic nitrogens is 1. The van der Waals surface area contributed by atoms with E-state index < -0.39 is 0 Å². The molecule has 3 rings (SSSR count). The minimum absolute atomic E-state index is 0.540. The Balaban J connectivity index is 1.94. The molecule has 4 nitrogen and oxygen atoms in total. The number of rotatable bonds is 3. The largest absolute Gasteiger partial charge is 0.496 e. The number of hydrogen-bond donors (Lipinski definition) is 2. The van der Waals surface area contributed by atoms with Crippen molar-refractivity contribution in [1.29, 1.82) is 0 Å². The van der Waals surface area contributed by atoms with Crippen molar-refractivity contribution >= 4 is 16.5 Å². The Labute approximate surface area is 113 Å². The van der Waals surface area contributed by atoms with Gasteiger partial charge in [0.2, 0.25) is 0 Å². The Morgan fingerprint density at radius 1 is 1.21 bits per heavy atom. The highest BCUT2D eigenvalue weighted by Gasteiger charge is 2.14. The van der Waals surface area contributed by atoms with E-state index >= 15 is 0 Å². The summed E-state index contributed by atoms with van der Waals surface area (Å²) in [6, 6.07) is 6.65. The molecule has 4 heteroatoms. The van der Waals surface area contributed by atoms with Gasteiger partial charge in [-0.1, -0.05) is 0 Å². The van der Waals surface area contributed by atoms with Gasteiger partial charge in [-0.2, -0.15) is 0 Å². The smallest absolute Gasteiger partial charge is 0.126 e. The van der Waals surface area contributed by atoms with Crippen LogP contribution in [-0.2, 0) is 0 Å². The van der Waals surface area contributed by atoms with E-state index in [-0.39, 0.29) is 0 Å². The second-order valence-electron chi connectivity index (χ2n) is 4.91. The number of hydrogen-bond acceptors (Lipinski definition) is 4. The van der Waals surface area contributed by atoms with Crippen LogP contribution < -0.4 is 15.4 Å². The van der Waals surface area contributed by atoms with Gasteiger partial charge in [0.15, 0.2) is 0 Å². The van der Waals surface area contributed by atoms with Crippen LogP contribution in [0.5, 0.6) is 5.75 Å². The molecule has 2 heterocycles. The lowest BCUT2D eigenvalue weighted by atomic mass is 10.0. The normalized spacial score (nSPS) is 16.5. The molecule has 0 amide bonds. The number of pyridine rings is 1. The van der Waals surface area contributed by atoms with Crippen LogP contribution in [0.2, 0.25) is 0 Å². The molecule has 19 heavy (non-hydrogen) atoms. The molecule has 1 aromatic heterocycles. The first-order valence-corrected chi connectivity index (χ1v) is 6.76. The summed E-state index contributed by atoms with van der Waals surface area (Å²) in [7, 11) is 1.70. The maximum Gasteiger partial charge on any atom is 0.126 e. The molecule has 0 saturated carbocycles. The summed E-state index contributed by atoms with van der Waals surface area (Å²) in [5.41, 5.74) is 1.15. The van der Waals surface area contributed by atoms with Crippen LogP contribution in [-0.4, -0.2) is 31.2 Å². The van der Waals surface area contributed by atoms with Crippen molar-refractivity contribution < 1.29 is 4.74 Å². The van der Waals surface area contributed by atoms with Crippen LogP contribution in [0.3, 0.4) is 0 Å². The quantitative estimate of drug-likeness (QED) is 0.886. The molecule has 0 unspecified atom stereocenters. The van der Waals surface area contributed by atoms with Crippen molar-refractivity contribution in [2.75, 3.05) is 25.5 Å².